The van der Waals surface area contributed by atoms with Gasteiger partial charge in [0.2, 0.25) is 0 Å². The molecule has 0 amide bonds. The second-order valence-corrected chi connectivity index (χ2v) is 6.94. The summed E-state index contributed by atoms with van der Waals surface area (Å²) in [6.07, 6.45) is 19.3. The quantitative estimate of drug-likeness (QED) is 0.346. The van der Waals surface area contributed by atoms with Gasteiger partial charge in [0.1, 0.15) is 0 Å². The molecular formula is C18H38ClNO. The van der Waals surface area contributed by atoms with E-state index in [1.807, 2.05) is 0 Å². The molecule has 0 spiro atoms. The van der Waals surface area contributed by atoms with Gasteiger partial charge < -0.3 is 22.0 Å². The Kier molecular flexibility index (Phi) is 15.3. The van der Waals surface area contributed by atoms with Gasteiger partial charge in [0.25, 0.3) is 0 Å². The van der Waals surface area contributed by atoms with Crippen LogP contribution in [0.25, 0.3) is 0 Å². The molecule has 21 heavy (non-hydrogen) atoms. The third kappa shape index (κ3) is 16.4. The van der Waals surface area contributed by atoms with Crippen molar-refractivity contribution in [3.63, 3.8) is 0 Å². The maximum Gasteiger partial charge on any atom is 0.0810 e. The van der Waals surface area contributed by atoms with E-state index in [2.05, 4.69) is 14.1 Å². The monoisotopic (exact) mass is 319 g/mol. The van der Waals surface area contributed by atoms with E-state index in [0.717, 1.165) is 6.61 Å². The van der Waals surface area contributed by atoms with Crippen LogP contribution in [0.3, 0.4) is 0 Å². The molecule has 1 aliphatic heterocycles. The lowest BCUT2D eigenvalue weighted by Gasteiger charge is -2.06. The SMILES string of the molecule is C[NH+](C)CCCCCCCCCCCCCCC1CO1.[Cl-]. The molecule has 128 valence electrons. The highest BCUT2D eigenvalue weighted by atomic mass is 35.5. The van der Waals surface area contributed by atoms with Gasteiger partial charge in [-0.25, -0.2) is 0 Å². The number of hydrogen-bond donors (Lipinski definition) is 1. The Hall–Kier alpha value is 0.210. The predicted octanol–water partition coefficient (Wildman–Crippen LogP) is 0.605. The molecular weight excluding hydrogens is 282 g/mol. The molecule has 1 N–H and O–H groups in total. The van der Waals surface area contributed by atoms with Crippen molar-refractivity contribution in [2.75, 3.05) is 27.2 Å². The van der Waals surface area contributed by atoms with E-state index in [4.69, 9.17) is 4.74 Å². The van der Waals surface area contributed by atoms with Crippen molar-refractivity contribution in [2.24, 2.45) is 0 Å². The summed E-state index contributed by atoms with van der Waals surface area (Å²) in [5, 5.41) is 0. The van der Waals surface area contributed by atoms with E-state index in [9.17, 15) is 0 Å². The largest absolute Gasteiger partial charge is 1.00 e. The Morgan fingerprint density at radius 3 is 1.48 bits per heavy atom. The summed E-state index contributed by atoms with van der Waals surface area (Å²) in [5.74, 6) is 0. The Morgan fingerprint density at radius 2 is 1.10 bits per heavy atom. The first-order valence-corrected chi connectivity index (χ1v) is 9.19. The number of nitrogens with one attached hydrogen (secondary N) is 1. The van der Waals surface area contributed by atoms with Crippen molar-refractivity contribution < 1.29 is 22.0 Å². The number of quaternary nitrogens is 1. The van der Waals surface area contributed by atoms with Crippen LogP contribution in [-0.2, 0) is 4.74 Å². The van der Waals surface area contributed by atoms with Crippen molar-refractivity contribution in [3.8, 4) is 0 Å². The van der Waals surface area contributed by atoms with Crippen molar-refractivity contribution in [2.45, 2.75) is 89.6 Å². The van der Waals surface area contributed by atoms with E-state index in [-0.39, 0.29) is 12.4 Å². The average molecular weight is 320 g/mol. The fourth-order valence-corrected chi connectivity index (χ4v) is 2.85. The summed E-state index contributed by atoms with van der Waals surface area (Å²) in [7, 11) is 4.50. The Balaban J connectivity index is 0.00000400. The molecule has 1 rings (SSSR count). The van der Waals surface area contributed by atoms with E-state index in [0.29, 0.717) is 6.10 Å². The number of hydrogen-bond acceptors (Lipinski definition) is 1. The van der Waals surface area contributed by atoms with Gasteiger partial charge in [-0.05, 0) is 19.3 Å². The van der Waals surface area contributed by atoms with Crippen molar-refractivity contribution in [1.82, 2.24) is 0 Å². The third-order valence-electron chi connectivity index (χ3n) is 4.36. The Morgan fingerprint density at radius 1 is 0.714 bits per heavy atom. The highest BCUT2D eigenvalue weighted by molar-refractivity contribution is 4.68. The first-order valence-electron chi connectivity index (χ1n) is 9.19. The molecule has 0 aromatic carbocycles. The fourth-order valence-electron chi connectivity index (χ4n) is 2.85. The molecule has 0 aliphatic carbocycles. The first kappa shape index (κ1) is 21.2. The highest BCUT2D eigenvalue weighted by Crippen LogP contribution is 2.18. The summed E-state index contributed by atoms with van der Waals surface area (Å²) in [6.45, 7) is 2.38. The minimum Gasteiger partial charge on any atom is -1.00 e. The van der Waals surface area contributed by atoms with Crippen LogP contribution in [0.4, 0.5) is 0 Å². The third-order valence-corrected chi connectivity index (χ3v) is 4.36. The van der Waals surface area contributed by atoms with Crippen LogP contribution in [0.5, 0.6) is 0 Å². The normalized spacial score (nSPS) is 17.0. The number of halogens is 1. The maximum atomic E-state index is 5.23. The molecule has 0 aromatic rings. The molecule has 1 saturated heterocycles. The van der Waals surface area contributed by atoms with Gasteiger partial charge in [0, 0.05) is 0 Å². The summed E-state index contributed by atoms with van der Waals surface area (Å²) < 4.78 is 5.23. The van der Waals surface area contributed by atoms with E-state index >= 15 is 0 Å². The molecule has 1 heterocycles. The lowest BCUT2D eigenvalue weighted by Crippen LogP contribution is -3.05. The van der Waals surface area contributed by atoms with E-state index in [1.54, 1.807) is 4.90 Å². The smallest absolute Gasteiger partial charge is 0.0810 e. The van der Waals surface area contributed by atoms with E-state index in [1.165, 1.54) is 90.0 Å². The van der Waals surface area contributed by atoms with Crippen LogP contribution in [0.2, 0.25) is 0 Å². The van der Waals surface area contributed by atoms with Gasteiger partial charge in [-0.15, -0.1) is 0 Å². The summed E-state index contributed by atoms with van der Waals surface area (Å²) in [4.78, 5) is 1.59. The molecule has 3 heteroatoms. The lowest BCUT2D eigenvalue weighted by molar-refractivity contribution is -0.858. The van der Waals surface area contributed by atoms with Crippen molar-refractivity contribution >= 4 is 0 Å². The van der Waals surface area contributed by atoms with Gasteiger partial charge in [0.05, 0.1) is 33.4 Å². The number of epoxide rings is 1. The predicted molar refractivity (Wildman–Crippen MR) is 87.4 cm³/mol. The first-order chi connectivity index (χ1) is 9.79. The topological polar surface area (TPSA) is 17.0 Å². The number of ether oxygens (including phenoxy) is 1. The van der Waals surface area contributed by atoms with Crippen LogP contribution in [0, 0.1) is 0 Å². The van der Waals surface area contributed by atoms with Crippen LogP contribution >= 0.6 is 0 Å². The minimum atomic E-state index is 0. The van der Waals surface area contributed by atoms with Gasteiger partial charge >= 0.3 is 0 Å². The summed E-state index contributed by atoms with van der Waals surface area (Å²) in [6, 6.07) is 0. The maximum absolute atomic E-state index is 5.23. The second-order valence-electron chi connectivity index (χ2n) is 6.94. The molecule has 0 saturated carbocycles. The molecule has 1 aliphatic rings. The molecule has 1 fully saturated rings. The van der Waals surface area contributed by atoms with Crippen LogP contribution < -0.4 is 17.3 Å². The highest BCUT2D eigenvalue weighted by Gasteiger charge is 2.20. The molecule has 0 bridgehead atoms. The fraction of sp³-hybridized carbons (Fsp3) is 1.00. The lowest BCUT2D eigenvalue weighted by atomic mass is 10.0. The zero-order valence-corrected chi connectivity index (χ0v) is 15.2. The zero-order valence-electron chi connectivity index (χ0n) is 14.5. The summed E-state index contributed by atoms with van der Waals surface area (Å²) in [5.41, 5.74) is 0. The summed E-state index contributed by atoms with van der Waals surface area (Å²) >= 11 is 0. The van der Waals surface area contributed by atoms with Crippen molar-refractivity contribution in [1.29, 1.82) is 0 Å². The van der Waals surface area contributed by atoms with Crippen LogP contribution in [-0.4, -0.2) is 33.4 Å². The Bertz CT molecular complexity index is 193. The van der Waals surface area contributed by atoms with Gasteiger partial charge in [-0.1, -0.05) is 64.2 Å². The molecule has 1 unspecified atom stereocenters. The van der Waals surface area contributed by atoms with Crippen LogP contribution in [0.1, 0.15) is 83.5 Å². The van der Waals surface area contributed by atoms with Gasteiger partial charge in [0.15, 0.2) is 0 Å². The van der Waals surface area contributed by atoms with Crippen molar-refractivity contribution in [3.05, 3.63) is 0 Å². The minimum absolute atomic E-state index is 0. The molecule has 0 radical (unpaired) electrons. The van der Waals surface area contributed by atoms with Crippen LogP contribution in [0.15, 0.2) is 0 Å². The van der Waals surface area contributed by atoms with E-state index < -0.39 is 0 Å². The molecule has 1 atom stereocenters. The number of rotatable bonds is 15. The second kappa shape index (κ2) is 15.1. The molecule has 2 nitrogen and oxygen atoms in total. The Labute approximate surface area is 139 Å². The standard InChI is InChI=1S/C18H37NO.ClH/c1-19(2)16-14-12-10-8-6-4-3-5-7-9-11-13-15-18-17-20-18;/h18H,3-17H2,1-2H3;1H. The molecule has 0 aromatic heterocycles. The van der Waals surface area contributed by atoms with Gasteiger partial charge in [-0.3, -0.25) is 0 Å². The zero-order chi connectivity index (χ0) is 14.5. The number of unbranched alkanes of at least 4 members (excludes halogenated alkanes) is 11. The van der Waals surface area contributed by atoms with Gasteiger partial charge in [-0.2, -0.15) is 0 Å². The average Bonchev–Trinajstić information content (AvgIpc) is 3.23.